The highest BCUT2D eigenvalue weighted by Crippen LogP contribution is 2.24. The lowest BCUT2D eigenvalue weighted by Crippen LogP contribution is -1.90. The lowest BCUT2D eigenvalue weighted by Gasteiger charge is -2.05. The van der Waals surface area contributed by atoms with Gasteiger partial charge < -0.3 is 0 Å². The van der Waals surface area contributed by atoms with E-state index in [4.69, 9.17) is 0 Å². The molecule has 0 aliphatic heterocycles. The number of hydrogen-bond acceptors (Lipinski definition) is 1. The van der Waals surface area contributed by atoms with Crippen molar-refractivity contribution in [3.8, 4) is 11.3 Å². The van der Waals surface area contributed by atoms with Crippen molar-refractivity contribution in [2.45, 2.75) is 6.92 Å². The normalized spacial score (nSPS) is 10.8. The summed E-state index contributed by atoms with van der Waals surface area (Å²) in [7, 11) is 0. The standard InChI is InChI=1S/C16H12FN/c1-11-7-8-13-14(17)10-15(18-16(13)9-11)12-5-3-2-4-6-12/h2-10H,1H3. The van der Waals surface area contributed by atoms with Crippen molar-refractivity contribution >= 4 is 10.9 Å². The lowest BCUT2D eigenvalue weighted by molar-refractivity contribution is 0.639. The van der Waals surface area contributed by atoms with E-state index in [1.54, 1.807) is 6.07 Å². The van der Waals surface area contributed by atoms with Crippen LogP contribution in [0.5, 0.6) is 0 Å². The van der Waals surface area contributed by atoms with Crippen LogP contribution in [-0.4, -0.2) is 4.98 Å². The number of halogens is 1. The van der Waals surface area contributed by atoms with Gasteiger partial charge in [0.1, 0.15) is 5.82 Å². The van der Waals surface area contributed by atoms with E-state index >= 15 is 0 Å². The molecule has 0 bridgehead atoms. The zero-order valence-corrected chi connectivity index (χ0v) is 10.0. The molecule has 0 amide bonds. The Kier molecular flexibility index (Phi) is 2.56. The fourth-order valence-electron chi connectivity index (χ4n) is 2.05. The summed E-state index contributed by atoms with van der Waals surface area (Å²) in [5.74, 6) is -0.223. The summed E-state index contributed by atoms with van der Waals surface area (Å²) >= 11 is 0. The third-order valence-corrected chi connectivity index (χ3v) is 2.98. The fourth-order valence-corrected chi connectivity index (χ4v) is 2.05. The third kappa shape index (κ3) is 1.86. The van der Waals surface area contributed by atoms with Crippen LogP contribution in [0, 0.1) is 12.7 Å². The fraction of sp³-hybridized carbons (Fsp3) is 0.0625. The molecule has 0 unspecified atom stereocenters. The zero-order valence-electron chi connectivity index (χ0n) is 10.0. The number of rotatable bonds is 1. The molecule has 0 aliphatic rings. The van der Waals surface area contributed by atoms with Gasteiger partial charge in [0.25, 0.3) is 0 Å². The summed E-state index contributed by atoms with van der Waals surface area (Å²) in [6.07, 6.45) is 0. The van der Waals surface area contributed by atoms with Crippen LogP contribution in [0.25, 0.3) is 22.2 Å². The Morgan fingerprint density at radius 2 is 1.72 bits per heavy atom. The highest BCUT2D eigenvalue weighted by molar-refractivity contribution is 5.82. The van der Waals surface area contributed by atoms with Gasteiger partial charge in [0, 0.05) is 17.0 Å². The number of aryl methyl sites for hydroxylation is 1. The summed E-state index contributed by atoms with van der Waals surface area (Å²) in [5.41, 5.74) is 3.39. The molecule has 88 valence electrons. The maximum atomic E-state index is 14.0. The first kappa shape index (κ1) is 10.9. The molecule has 0 radical (unpaired) electrons. The Labute approximate surface area is 105 Å². The van der Waals surface area contributed by atoms with Crippen LogP contribution in [0.2, 0.25) is 0 Å². The maximum absolute atomic E-state index is 14.0. The van der Waals surface area contributed by atoms with Crippen molar-refractivity contribution < 1.29 is 4.39 Å². The molecule has 0 aliphatic carbocycles. The minimum absolute atomic E-state index is 0.223. The summed E-state index contributed by atoms with van der Waals surface area (Å²) in [6, 6.07) is 16.7. The molecular weight excluding hydrogens is 225 g/mol. The van der Waals surface area contributed by atoms with Crippen LogP contribution in [0.3, 0.4) is 0 Å². The largest absolute Gasteiger partial charge is 0.248 e. The molecule has 0 fully saturated rings. The third-order valence-electron chi connectivity index (χ3n) is 2.98. The molecule has 1 heterocycles. The van der Waals surface area contributed by atoms with Gasteiger partial charge in [-0.2, -0.15) is 0 Å². The van der Waals surface area contributed by atoms with Gasteiger partial charge in [-0.05, 0) is 24.6 Å². The number of pyridine rings is 1. The van der Waals surface area contributed by atoms with E-state index in [0.717, 1.165) is 11.1 Å². The second-order valence-electron chi connectivity index (χ2n) is 4.38. The number of benzene rings is 2. The monoisotopic (exact) mass is 237 g/mol. The van der Waals surface area contributed by atoms with Crippen molar-refractivity contribution in [2.75, 3.05) is 0 Å². The summed E-state index contributed by atoms with van der Waals surface area (Å²) in [4.78, 5) is 4.53. The van der Waals surface area contributed by atoms with Crippen molar-refractivity contribution in [2.24, 2.45) is 0 Å². The van der Waals surface area contributed by atoms with Crippen molar-refractivity contribution in [1.29, 1.82) is 0 Å². The van der Waals surface area contributed by atoms with E-state index in [1.807, 2.05) is 49.4 Å². The van der Waals surface area contributed by atoms with Crippen molar-refractivity contribution in [1.82, 2.24) is 4.98 Å². The van der Waals surface area contributed by atoms with Gasteiger partial charge in [0.05, 0.1) is 11.2 Å². The first-order chi connectivity index (χ1) is 8.74. The van der Waals surface area contributed by atoms with E-state index in [0.29, 0.717) is 16.6 Å². The first-order valence-electron chi connectivity index (χ1n) is 5.86. The molecule has 1 nitrogen and oxygen atoms in total. The molecule has 0 N–H and O–H groups in total. The van der Waals surface area contributed by atoms with Gasteiger partial charge >= 0.3 is 0 Å². The van der Waals surface area contributed by atoms with Crippen molar-refractivity contribution in [3.63, 3.8) is 0 Å². The molecule has 0 saturated heterocycles. The van der Waals surface area contributed by atoms with Crippen LogP contribution in [-0.2, 0) is 0 Å². The van der Waals surface area contributed by atoms with Gasteiger partial charge in [-0.1, -0.05) is 36.4 Å². The van der Waals surface area contributed by atoms with Crippen LogP contribution < -0.4 is 0 Å². The predicted octanol–water partition coefficient (Wildman–Crippen LogP) is 4.35. The molecule has 2 heteroatoms. The SMILES string of the molecule is Cc1ccc2c(F)cc(-c3ccccc3)nc2c1. The van der Waals surface area contributed by atoms with Crippen LogP contribution in [0.4, 0.5) is 4.39 Å². The molecule has 18 heavy (non-hydrogen) atoms. The first-order valence-corrected chi connectivity index (χ1v) is 5.86. The molecule has 0 spiro atoms. The van der Waals surface area contributed by atoms with Gasteiger partial charge in [-0.25, -0.2) is 9.37 Å². The van der Waals surface area contributed by atoms with Gasteiger partial charge in [0.15, 0.2) is 0 Å². The highest BCUT2D eigenvalue weighted by Gasteiger charge is 2.07. The molecule has 1 aromatic heterocycles. The zero-order chi connectivity index (χ0) is 12.5. The van der Waals surface area contributed by atoms with Crippen LogP contribution in [0.1, 0.15) is 5.56 Å². The molecule has 3 rings (SSSR count). The van der Waals surface area contributed by atoms with Gasteiger partial charge in [0.2, 0.25) is 0 Å². The summed E-state index contributed by atoms with van der Waals surface area (Å²) < 4.78 is 14.0. The molecular formula is C16H12FN. The van der Waals surface area contributed by atoms with Crippen LogP contribution in [0.15, 0.2) is 54.6 Å². The topological polar surface area (TPSA) is 12.9 Å². The Balaban J connectivity index is 2.27. The van der Waals surface area contributed by atoms with Gasteiger partial charge in [-0.3, -0.25) is 0 Å². The summed E-state index contributed by atoms with van der Waals surface area (Å²) in [5, 5.41) is 0.570. The Morgan fingerprint density at radius 3 is 2.50 bits per heavy atom. The van der Waals surface area contributed by atoms with E-state index in [1.165, 1.54) is 6.07 Å². The smallest absolute Gasteiger partial charge is 0.134 e. The predicted molar refractivity (Wildman–Crippen MR) is 71.9 cm³/mol. The quantitative estimate of drug-likeness (QED) is 0.613. The van der Waals surface area contributed by atoms with Crippen LogP contribution >= 0.6 is 0 Å². The van der Waals surface area contributed by atoms with E-state index < -0.39 is 0 Å². The lowest BCUT2D eigenvalue weighted by atomic mass is 10.1. The Bertz CT molecular complexity index is 705. The number of nitrogens with zero attached hydrogens (tertiary/aromatic N) is 1. The Morgan fingerprint density at radius 1 is 0.944 bits per heavy atom. The maximum Gasteiger partial charge on any atom is 0.134 e. The minimum atomic E-state index is -0.223. The number of aromatic nitrogens is 1. The Hall–Kier alpha value is -2.22. The van der Waals surface area contributed by atoms with E-state index in [2.05, 4.69) is 4.98 Å². The number of fused-ring (bicyclic) bond motifs is 1. The van der Waals surface area contributed by atoms with Crippen molar-refractivity contribution in [3.05, 3.63) is 66.0 Å². The van der Waals surface area contributed by atoms with E-state index in [9.17, 15) is 4.39 Å². The second kappa shape index (κ2) is 4.22. The minimum Gasteiger partial charge on any atom is -0.248 e. The second-order valence-corrected chi connectivity index (χ2v) is 4.38. The molecule has 0 atom stereocenters. The van der Waals surface area contributed by atoms with E-state index in [-0.39, 0.29) is 5.82 Å². The molecule has 0 saturated carbocycles. The summed E-state index contributed by atoms with van der Waals surface area (Å²) in [6.45, 7) is 1.98. The molecule has 2 aromatic carbocycles. The molecule has 3 aromatic rings. The average Bonchev–Trinajstić information content (AvgIpc) is 2.39. The highest BCUT2D eigenvalue weighted by atomic mass is 19.1. The van der Waals surface area contributed by atoms with Gasteiger partial charge in [-0.15, -0.1) is 0 Å². The average molecular weight is 237 g/mol. The number of hydrogen-bond donors (Lipinski definition) is 0.